The number of fused-ring (bicyclic) bond motifs is 1. The number of aliphatic hydroxyl groups excluding tert-OH is 1. The van der Waals surface area contributed by atoms with Crippen molar-refractivity contribution >= 4 is 6.20 Å². The first-order valence-electron chi connectivity index (χ1n) is 4.47. The highest BCUT2D eigenvalue weighted by Gasteiger charge is 2.20. The smallest absolute Gasteiger partial charge is 0.118 e. The van der Waals surface area contributed by atoms with E-state index in [9.17, 15) is 0 Å². The average molecular weight is 179 g/mol. The summed E-state index contributed by atoms with van der Waals surface area (Å²) >= 11 is 0. The zero-order chi connectivity index (χ0) is 9.26. The Kier molecular flexibility index (Phi) is 2.20. The summed E-state index contributed by atoms with van der Waals surface area (Å²) in [4.78, 5) is 0. The molecule has 1 aromatic heterocycles. The van der Waals surface area contributed by atoms with Gasteiger partial charge in [-0.2, -0.15) is 0 Å². The maximum atomic E-state index is 9.08. The molecule has 0 fully saturated rings. The molecule has 0 unspecified atom stereocenters. The summed E-state index contributed by atoms with van der Waals surface area (Å²) in [5.41, 5.74) is 2.01. The lowest BCUT2D eigenvalue weighted by Gasteiger charge is -2.10. The van der Waals surface area contributed by atoms with E-state index in [1.54, 1.807) is 0 Å². The largest absolute Gasteiger partial charge is 0.392 e. The second kappa shape index (κ2) is 3.36. The number of rotatable bonds is 3. The van der Waals surface area contributed by atoms with Crippen molar-refractivity contribution in [2.45, 2.75) is 19.6 Å². The fourth-order valence-electron chi connectivity index (χ4n) is 1.67. The van der Waals surface area contributed by atoms with E-state index < -0.39 is 0 Å². The number of ether oxygens (including phenoxy) is 1. The molecule has 0 saturated heterocycles. The monoisotopic (exact) mass is 179 g/mol. The van der Waals surface area contributed by atoms with Gasteiger partial charge in [-0.15, -0.1) is 0 Å². The van der Waals surface area contributed by atoms with Crippen LogP contribution in [0, 0.1) is 0 Å². The van der Waals surface area contributed by atoms with Crippen molar-refractivity contribution in [1.82, 2.24) is 4.57 Å². The lowest BCUT2D eigenvalue weighted by molar-refractivity contribution is 0.0949. The summed E-state index contributed by atoms with van der Waals surface area (Å²) in [6.45, 7) is 2.73. The van der Waals surface area contributed by atoms with E-state index >= 15 is 0 Å². The highest BCUT2D eigenvalue weighted by molar-refractivity contribution is 5.43. The number of aromatic nitrogens is 1. The van der Waals surface area contributed by atoms with Crippen molar-refractivity contribution in [2.75, 3.05) is 6.61 Å². The van der Waals surface area contributed by atoms with Gasteiger partial charge in [-0.3, -0.25) is 0 Å². The fraction of sp³-hybridized carbons (Fsp3) is 0.400. The molecule has 2 rings (SSSR count). The Labute approximate surface area is 77.3 Å². The normalized spacial score (nSPS) is 19.4. The lowest BCUT2D eigenvalue weighted by atomic mass is 10.2. The minimum Gasteiger partial charge on any atom is -0.392 e. The first-order valence-corrected chi connectivity index (χ1v) is 4.47. The number of hydrogen-bond donors (Lipinski definition) is 1. The summed E-state index contributed by atoms with van der Waals surface area (Å²) in [5.74, 6) is 0. The summed E-state index contributed by atoms with van der Waals surface area (Å²) in [6, 6.07) is 1.92. The molecule has 1 aliphatic rings. The quantitative estimate of drug-likeness (QED) is 0.763. The predicted octanol–water partition coefficient (Wildman–Crippen LogP) is 1.54. The molecule has 0 radical (unpaired) electrons. The van der Waals surface area contributed by atoms with E-state index in [2.05, 4.69) is 0 Å². The highest BCUT2D eigenvalue weighted by Crippen LogP contribution is 2.29. The zero-order valence-electron chi connectivity index (χ0n) is 7.60. The molecule has 0 aliphatic carbocycles. The van der Waals surface area contributed by atoms with Crippen molar-refractivity contribution in [3.63, 3.8) is 0 Å². The third-order valence-electron chi connectivity index (χ3n) is 2.25. The van der Waals surface area contributed by atoms with Gasteiger partial charge < -0.3 is 14.4 Å². The molecule has 0 amide bonds. The van der Waals surface area contributed by atoms with Gasteiger partial charge in [0.1, 0.15) is 6.10 Å². The van der Waals surface area contributed by atoms with Crippen LogP contribution in [-0.2, 0) is 11.3 Å². The van der Waals surface area contributed by atoms with Crippen LogP contribution in [0.5, 0.6) is 0 Å². The second-order valence-corrected chi connectivity index (χ2v) is 3.01. The SMILES string of the molecule is CCO[C@@H]1C=Cn2ccc(CO)c21. The zero-order valence-corrected chi connectivity index (χ0v) is 7.60. The molecule has 3 heteroatoms. The van der Waals surface area contributed by atoms with E-state index in [-0.39, 0.29) is 12.7 Å². The van der Waals surface area contributed by atoms with Gasteiger partial charge in [0, 0.05) is 24.6 Å². The fourth-order valence-corrected chi connectivity index (χ4v) is 1.67. The summed E-state index contributed by atoms with van der Waals surface area (Å²) in [6.07, 6.45) is 5.92. The Morgan fingerprint density at radius 1 is 1.62 bits per heavy atom. The molecular formula is C10H13NO2. The van der Waals surface area contributed by atoms with Crippen molar-refractivity contribution < 1.29 is 9.84 Å². The Bertz CT molecular complexity index is 328. The summed E-state index contributed by atoms with van der Waals surface area (Å²) in [7, 11) is 0. The van der Waals surface area contributed by atoms with Gasteiger partial charge in [0.25, 0.3) is 0 Å². The van der Waals surface area contributed by atoms with E-state index in [4.69, 9.17) is 9.84 Å². The van der Waals surface area contributed by atoms with E-state index in [1.807, 2.05) is 36.0 Å². The molecule has 1 atom stereocenters. The van der Waals surface area contributed by atoms with Crippen LogP contribution in [-0.4, -0.2) is 16.3 Å². The minimum absolute atomic E-state index is 0.0159. The van der Waals surface area contributed by atoms with Gasteiger partial charge in [0.2, 0.25) is 0 Å². The van der Waals surface area contributed by atoms with Crippen LogP contribution >= 0.6 is 0 Å². The lowest BCUT2D eigenvalue weighted by Crippen LogP contribution is -2.03. The van der Waals surface area contributed by atoms with Gasteiger partial charge in [-0.05, 0) is 19.1 Å². The van der Waals surface area contributed by atoms with E-state index in [0.717, 1.165) is 11.3 Å². The second-order valence-electron chi connectivity index (χ2n) is 3.01. The molecule has 13 heavy (non-hydrogen) atoms. The van der Waals surface area contributed by atoms with E-state index in [1.165, 1.54) is 0 Å². The molecule has 1 N–H and O–H groups in total. The molecule has 0 saturated carbocycles. The van der Waals surface area contributed by atoms with Gasteiger partial charge >= 0.3 is 0 Å². The third kappa shape index (κ3) is 1.30. The molecule has 3 nitrogen and oxygen atoms in total. The average Bonchev–Trinajstić information content (AvgIpc) is 2.68. The van der Waals surface area contributed by atoms with Crippen LogP contribution in [0.4, 0.5) is 0 Å². The summed E-state index contributed by atoms with van der Waals surface area (Å²) < 4.78 is 7.50. The Morgan fingerprint density at radius 3 is 3.15 bits per heavy atom. The maximum absolute atomic E-state index is 9.08. The third-order valence-corrected chi connectivity index (χ3v) is 2.25. The molecule has 1 aromatic rings. The van der Waals surface area contributed by atoms with Crippen molar-refractivity contribution in [2.24, 2.45) is 0 Å². The van der Waals surface area contributed by atoms with Crippen LogP contribution < -0.4 is 0 Å². The van der Waals surface area contributed by atoms with Gasteiger partial charge in [-0.1, -0.05) is 0 Å². The molecule has 1 aliphatic heterocycles. The molecule has 0 bridgehead atoms. The van der Waals surface area contributed by atoms with Gasteiger partial charge in [0.15, 0.2) is 0 Å². The Morgan fingerprint density at radius 2 is 2.46 bits per heavy atom. The minimum atomic E-state index is 0.0159. The summed E-state index contributed by atoms with van der Waals surface area (Å²) in [5, 5.41) is 9.08. The molecule has 70 valence electrons. The van der Waals surface area contributed by atoms with Crippen molar-refractivity contribution in [1.29, 1.82) is 0 Å². The molecule has 0 aromatic carbocycles. The van der Waals surface area contributed by atoms with E-state index in [0.29, 0.717) is 6.61 Å². The van der Waals surface area contributed by atoms with Crippen LogP contribution in [0.15, 0.2) is 18.3 Å². The number of nitrogens with zero attached hydrogens (tertiary/aromatic N) is 1. The topological polar surface area (TPSA) is 34.4 Å². The molecule has 2 heterocycles. The van der Waals surface area contributed by atoms with Crippen LogP contribution in [0.3, 0.4) is 0 Å². The van der Waals surface area contributed by atoms with Crippen molar-refractivity contribution in [3.8, 4) is 0 Å². The van der Waals surface area contributed by atoms with Gasteiger partial charge in [0.05, 0.1) is 12.3 Å². The first-order chi connectivity index (χ1) is 6.36. The van der Waals surface area contributed by atoms with Crippen molar-refractivity contribution in [3.05, 3.63) is 29.6 Å². The van der Waals surface area contributed by atoms with Gasteiger partial charge in [-0.25, -0.2) is 0 Å². The maximum Gasteiger partial charge on any atom is 0.118 e. The Hall–Kier alpha value is -1.06. The van der Waals surface area contributed by atoms with Crippen LogP contribution in [0.2, 0.25) is 0 Å². The highest BCUT2D eigenvalue weighted by atomic mass is 16.5. The molecule has 0 spiro atoms. The molecular weight excluding hydrogens is 166 g/mol. The predicted molar refractivity (Wildman–Crippen MR) is 50.1 cm³/mol. The standard InChI is InChI=1S/C10H13NO2/c1-2-13-9-4-6-11-5-3-8(7-12)10(9)11/h3-6,9,12H,2,7H2,1H3/t9-/m1/s1. The number of hydrogen-bond acceptors (Lipinski definition) is 2. The first kappa shape index (κ1) is 8.53. The Balaban J connectivity index is 2.31. The van der Waals surface area contributed by atoms with Crippen LogP contribution in [0.1, 0.15) is 24.3 Å². The van der Waals surface area contributed by atoms with Crippen LogP contribution in [0.25, 0.3) is 6.20 Å². The number of aliphatic hydroxyl groups is 1.